The Morgan fingerprint density at radius 2 is 1.88 bits per heavy atom. The summed E-state index contributed by atoms with van der Waals surface area (Å²) in [6, 6.07) is 6.45. The highest BCUT2D eigenvalue weighted by molar-refractivity contribution is 7.89. The highest BCUT2D eigenvalue weighted by Gasteiger charge is 2.35. The minimum absolute atomic E-state index is 0.0416. The fourth-order valence-electron chi connectivity index (χ4n) is 3.43. The standard InChI is InChI=1S/C18H26N2O5S/c1-2-25-16-5-7-17(8-6-16)26(22,23)20-9-3-4-15(14-20)18(21)19-10-12-24-13-11-19/h5-8,15H,2-4,9-14H2,1H3/t15-/m0/s1. The second-order valence-electron chi connectivity index (χ2n) is 6.54. The van der Waals surface area contributed by atoms with Crippen LogP contribution in [0.15, 0.2) is 29.2 Å². The molecule has 2 aliphatic rings. The first-order valence-corrected chi connectivity index (χ1v) is 10.6. The number of sulfonamides is 1. The Bertz CT molecular complexity index is 714. The zero-order chi connectivity index (χ0) is 18.6. The summed E-state index contributed by atoms with van der Waals surface area (Å²) >= 11 is 0. The van der Waals surface area contributed by atoms with E-state index in [1.165, 1.54) is 4.31 Å². The Labute approximate surface area is 154 Å². The largest absolute Gasteiger partial charge is 0.494 e. The Balaban J connectivity index is 1.70. The molecule has 0 N–H and O–H groups in total. The number of hydrogen-bond donors (Lipinski definition) is 0. The Hall–Kier alpha value is -1.64. The van der Waals surface area contributed by atoms with Crippen LogP contribution in [0.2, 0.25) is 0 Å². The lowest BCUT2D eigenvalue weighted by molar-refractivity contribution is -0.140. The van der Waals surface area contributed by atoms with Gasteiger partial charge < -0.3 is 14.4 Å². The highest BCUT2D eigenvalue weighted by Crippen LogP contribution is 2.26. The molecule has 1 aromatic rings. The first-order valence-electron chi connectivity index (χ1n) is 9.12. The molecule has 0 aliphatic carbocycles. The molecule has 144 valence electrons. The van der Waals surface area contributed by atoms with Gasteiger partial charge in [-0.05, 0) is 44.0 Å². The molecule has 0 aromatic heterocycles. The molecule has 0 bridgehead atoms. The number of morpholine rings is 1. The molecule has 0 saturated carbocycles. The van der Waals surface area contributed by atoms with E-state index in [0.717, 1.165) is 6.42 Å². The average molecular weight is 382 g/mol. The van der Waals surface area contributed by atoms with E-state index < -0.39 is 10.0 Å². The van der Waals surface area contributed by atoms with E-state index in [1.807, 2.05) is 6.92 Å². The predicted octanol–water partition coefficient (Wildman–Crippen LogP) is 1.34. The van der Waals surface area contributed by atoms with E-state index in [-0.39, 0.29) is 23.3 Å². The van der Waals surface area contributed by atoms with E-state index in [0.29, 0.717) is 51.6 Å². The zero-order valence-corrected chi connectivity index (χ0v) is 15.9. The number of piperidine rings is 1. The van der Waals surface area contributed by atoms with Crippen LogP contribution < -0.4 is 4.74 Å². The quantitative estimate of drug-likeness (QED) is 0.768. The van der Waals surface area contributed by atoms with Gasteiger partial charge in [0.1, 0.15) is 5.75 Å². The van der Waals surface area contributed by atoms with Crippen molar-refractivity contribution in [1.82, 2.24) is 9.21 Å². The van der Waals surface area contributed by atoms with E-state index in [1.54, 1.807) is 29.2 Å². The Morgan fingerprint density at radius 1 is 1.19 bits per heavy atom. The van der Waals surface area contributed by atoms with Gasteiger partial charge in [0.2, 0.25) is 15.9 Å². The van der Waals surface area contributed by atoms with Crippen molar-refractivity contribution in [2.75, 3.05) is 46.0 Å². The summed E-state index contributed by atoms with van der Waals surface area (Å²) in [4.78, 5) is 14.7. The van der Waals surface area contributed by atoms with Gasteiger partial charge in [-0.25, -0.2) is 8.42 Å². The van der Waals surface area contributed by atoms with Gasteiger partial charge in [0.15, 0.2) is 0 Å². The molecule has 1 amide bonds. The Kier molecular flexibility index (Phi) is 6.16. The fraction of sp³-hybridized carbons (Fsp3) is 0.611. The number of amides is 1. The molecule has 2 aliphatic heterocycles. The molecule has 26 heavy (non-hydrogen) atoms. The lowest BCUT2D eigenvalue weighted by Gasteiger charge is -2.35. The molecule has 2 fully saturated rings. The molecule has 0 unspecified atom stereocenters. The smallest absolute Gasteiger partial charge is 0.243 e. The van der Waals surface area contributed by atoms with Gasteiger partial charge in [-0.1, -0.05) is 0 Å². The van der Waals surface area contributed by atoms with Crippen molar-refractivity contribution < 1.29 is 22.7 Å². The second-order valence-corrected chi connectivity index (χ2v) is 8.48. The summed E-state index contributed by atoms with van der Waals surface area (Å²) in [7, 11) is -3.61. The molecule has 0 radical (unpaired) electrons. The molecule has 1 aromatic carbocycles. The number of hydrogen-bond acceptors (Lipinski definition) is 5. The van der Waals surface area contributed by atoms with Gasteiger partial charge in [0.25, 0.3) is 0 Å². The van der Waals surface area contributed by atoms with Gasteiger partial charge in [-0.2, -0.15) is 4.31 Å². The van der Waals surface area contributed by atoms with Gasteiger partial charge in [0.05, 0.1) is 30.6 Å². The van der Waals surface area contributed by atoms with Crippen molar-refractivity contribution in [2.45, 2.75) is 24.7 Å². The van der Waals surface area contributed by atoms with Gasteiger partial charge in [-0.15, -0.1) is 0 Å². The number of nitrogens with zero attached hydrogens (tertiary/aromatic N) is 2. The molecule has 8 heteroatoms. The molecule has 3 rings (SSSR count). The highest BCUT2D eigenvalue weighted by atomic mass is 32.2. The van der Waals surface area contributed by atoms with Crippen LogP contribution in [0.4, 0.5) is 0 Å². The van der Waals surface area contributed by atoms with Crippen LogP contribution in [0, 0.1) is 5.92 Å². The number of benzene rings is 1. The van der Waals surface area contributed by atoms with Crippen LogP contribution in [0.5, 0.6) is 5.75 Å². The molecular formula is C18H26N2O5S. The Morgan fingerprint density at radius 3 is 2.54 bits per heavy atom. The normalized spacial score (nSPS) is 22.2. The minimum Gasteiger partial charge on any atom is -0.494 e. The molecule has 0 spiro atoms. The zero-order valence-electron chi connectivity index (χ0n) is 15.1. The first-order chi connectivity index (χ1) is 12.5. The van der Waals surface area contributed by atoms with Crippen LogP contribution in [0.1, 0.15) is 19.8 Å². The van der Waals surface area contributed by atoms with Crippen LogP contribution in [-0.2, 0) is 19.6 Å². The number of carbonyl (C=O) groups is 1. The summed E-state index contributed by atoms with van der Waals surface area (Å²) in [6.45, 7) is 5.36. The summed E-state index contributed by atoms with van der Waals surface area (Å²) in [5.41, 5.74) is 0. The SMILES string of the molecule is CCOc1ccc(S(=O)(=O)N2CCC[C@H](C(=O)N3CCOCC3)C2)cc1. The van der Waals surface area contributed by atoms with Crippen molar-refractivity contribution >= 4 is 15.9 Å². The second kappa shape index (κ2) is 8.37. The maximum Gasteiger partial charge on any atom is 0.243 e. The van der Waals surface area contributed by atoms with E-state index in [9.17, 15) is 13.2 Å². The monoisotopic (exact) mass is 382 g/mol. The lowest BCUT2D eigenvalue weighted by Crippen LogP contribution is -2.49. The number of rotatable bonds is 5. The molecule has 7 nitrogen and oxygen atoms in total. The predicted molar refractivity (Wildman–Crippen MR) is 96.5 cm³/mol. The molecule has 2 heterocycles. The van der Waals surface area contributed by atoms with E-state index >= 15 is 0 Å². The number of carbonyl (C=O) groups excluding carboxylic acids is 1. The van der Waals surface area contributed by atoms with E-state index in [2.05, 4.69) is 0 Å². The third-order valence-electron chi connectivity index (χ3n) is 4.83. The maximum atomic E-state index is 12.9. The third-order valence-corrected chi connectivity index (χ3v) is 6.71. The summed E-state index contributed by atoms with van der Waals surface area (Å²) in [6.07, 6.45) is 1.42. The van der Waals surface area contributed by atoms with Crippen molar-refractivity contribution in [3.8, 4) is 5.75 Å². The summed E-state index contributed by atoms with van der Waals surface area (Å²) in [5.74, 6) is 0.407. The minimum atomic E-state index is -3.61. The number of ether oxygens (including phenoxy) is 2. The first kappa shape index (κ1) is 19.1. The van der Waals surface area contributed by atoms with Gasteiger partial charge >= 0.3 is 0 Å². The van der Waals surface area contributed by atoms with Crippen molar-refractivity contribution in [3.63, 3.8) is 0 Å². The van der Waals surface area contributed by atoms with Gasteiger partial charge in [-0.3, -0.25) is 4.79 Å². The summed E-state index contributed by atoms with van der Waals surface area (Å²) < 4.78 is 38.0. The lowest BCUT2D eigenvalue weighted by atomic mass is 9.98. The van der Waals surface area contributed by atoms with Crippen LogP contribution >= 0.6 is 0 Å². The topological polar surface area (TPSA) is 76.2 Å². The fourth-order valence-corrected chi connectivity index (χ4v) is 4.95. The van der Waals surface area contributed by atoms with Crippen LogP contribution in [0.25, 0.3) is 0 Å². The van der Waals surface area contributed by atoms with Crippen LogP contribution in [0.3, 0.4) is 0 Å². The molecular weight excluding hydrogens is 356 g/mol. The average Bonchev–Trinajstić information content (AvgIpc) is 2.69. The summed E-state index contributed by atoms with van der Waals surface area (Å²) in [5, 5.41) is 0. The third kappa shape index (κ3) is 4.19. The molecule has 1 atom stereocenters. The van der Waals surface area contributed by atoms with Crippen molar-refractivity contribution in [3.05, 3.63) is 24.3 Å². The van der Waals surface area contributed by atoms with Crippen molar-refractivity contribution in [2.24, 2.45) is 5.92 Å². The maximum absolute atomic E-state index is 12.9. The molecule has 2 saturated heterocycles. The van der Waals surface area contributed by atoms with Crippen LogP contribution in [-0.4, -0.2) is 69.5 Å². The van der Waals surface area contributed by atoms with Gasteiger partial charge in [0, 0.05) is 26.2 Å². The van der Waals surface area contributed by atoms with E-state index in [4.69, 9.17) is 9.47 Å². The van der Waals surface area contributed by atoms with Crippen molar-refractivity contribution in [1.29, 1.82) is 0 Å².